The third kappa shape index (κ3) is 2.90. The van der Waals surface area contributed by atoms with E-state index in [2.05, 4.69) is 24.3 Å². The molecular formula is C16H22FN3. The monoisotopic (exact) mass is 275 g/mol. The molecule has 0 bridgehead atoms. The van der Waals surface area contributed by atoms with E-state index in [1.54, 1.807) is 6.07 Å². The van der Waals surface area contributed by atoms with E-state index in [1.165, 1.54) is 6.07 Å². The summed E-state index contributed by atoms with van der Waals surface area (Å²) in [6.45, 7) is 6.98. The molecule has 1 heterocycles. The van der Waals surface area contributed by atoms with Crippen LogP contribution in [0.2, 0.25) is 0 Å². The van der Waals surface area contributed by atoms with E-state index in [0.717, 1.165) is 35.3 Å². The van der Waals surface area contributed by atoms with Gasteiger partial charge in [-0.3, -0.25) is 4.68 Å². The van der Waals surface area contributed by atoms with Crippen LogP contribution in [0, 0.1) is 12.7 Å². The molecule has 2 rings (SSSR count). The SMILES string of the molecule is CCNC(c1cc(F)ccc1C)c1cn(C)nc1CC. The van der Waals surface area contributed by atoms with Crippen LogP contribution in [0.1, 0.15) is 42.3 Å². The predicted octanol–water partition coefficient (Wildman–Crippen LogP) is 3.13. The van der Waals surface area contributed by atoms with Crippen molar-refractivity contribution in [2.75, 3.05) is 6.54 Å². The summed E-state index contributed by atoms with van der Waals surface area (Å²) in [6.07, 6.45) is 2.89. The van der Waals surface area contributed by atoms with Gasteiger partial charge in [-0.25, -0.2) is 4.39 Å². The Morgan fingerprint density at radius 1 is 1.30 bits per heavy atom. The Hall–Kier alpha value is -1.68. The summed E-state index contributed by atoms with van der Waals surface area (Å²) >= 11 is 0. The van der Waals surface area contributed by atoms with Gasteiger partial charge in [0.05, 0.1) is 11.7 Å². The molecule has 0 radical (unpaired) electrons. The molecule has 0 spiro atoms. The van der Waals surface area contributed by atoms with Gasteiger partial charge >= 0.3 is 0 Å². The summed E-state index contributed by atoms with van der Waals surface area (Å²) in [6, 6.07) is 4.94. The van der Waals surface area contributed by atoms with Gasteiger partial charge in [-0.15, -0.1) is 0 Å². The Labute approximate surface area is 119 Å². The number of rotatable bonds is 5. The van der Waals surface area contributed by atoms with Crippen molar-refractivity contribution in [1.29, 1.82) is 0 Å². The van der Waals surface area contributed by atoms with E-state index in [0.29, 0.717) is 0 Å². The fraction of sp³-hybridized carbons (Fsp3) is 0.438. The van der Waals surface area contributed by atoms with E-state index in [9.17, 15) is 4.39 Å². The van der Waals surface area contributed by atoms with Gasteiger partial charge in [0.2, 0.25) is 0 Å². The first-order valence-corrected chi connectivity index (χ1v) is 7.08. The van der Waals surface area contributed by atoms with Crippen molar-refractivity contribution >= 4 is 0 Å². The highest BCUT2D eigenvalue weighted by atomic mass is 19.1. The van der Waals surface area contributed by atoms with Gasteiger partial charge in [0.25, 0.3) is 0 Å². The molecule has 4 heteroatoms. The van der Waals surface area contributed by atoms with Crippen molar-refractivity contribution < 1.29 is 4.39 Å². The lowest BCUT2D eigenvalue weighted by molar-refractivity contribution is 0.598. The Morgan fingerprint density at radius 3 is 2.70 bits per heavy atom. The van der Waals surface area contributed by atoms with E-state index in [4.69, 9.17) is 0 Å². The Balaban J connectivity index is 2.52. The first-order valence-electron chi connectivity index (χ1n) is 7.08. The molecule has 3 nitrogen and oxygen atoms in total. The minimum atomic E-state index is -0.199. The van der Waals surface area contributed by atoms with Gasteiger partial charge in [-0.1, -0.05) is 19.9 Å². The van der Waals surface area contributed by atoms with Crippen LogP contribution in [0.15, 0.2) is 24.4 Å². The quantitative estimate of drug-likeness (QED) is 0.908. The van der Waals surface area contributed by atoms with Gasteiger partial charge in [0.1, 0.15) is 5.82 Å². The molecular weight excluding hydrogens is 253 g/mol. The molecule has 20 heavy (non-hydrogen) atoms. The minimum Gasteiger partial charge on any atom is -0.306 e. The lowest BCUT2D eigenvalue weighted by Gasteiger charge is -2.20. The van der Waals surface area contributed by atoms with Crippen molar-refractivity contribution in [2.45, 2.75) is 33.2 Å². The molecule has 0 saturated heterocycles. The second kappa shape index (κ2) is 6.18. The number of benzene rings is 1. The number of hydrogen-bond acceptors (Lipinski definition) is 2. The van der Waals surface area contributed by atoms with Crippen LogP contribution in [0.4, 0.5) is 4.39 Å². The number of aryl methyl sites for hydroxylation is 3. The third-order valence-electron chi connectivity index (χ3n) is 3.54. The lowest BCUT2D eigenvalue weighted by atomic mass is 9.94. The minimum absolute atomic E-state index is 0.0145. The topological polar surface area (TPSA) is 29.9 Å². The van der Waals surface area contributed by atoms with Crippen LogP contribution < -0.4 is 5.32 Å². The van der Waals surface area contributed by atoms with E-state index >= 15 is 0 Å². The van der Waals surface area contributed by atoms with Crippen LogP contribution >= 0.6 is 0 Å². The van der Waals surface area contributed by atoms with Gasteiger partial charge in [-0.2, -0.15) is 5.10 Å². The zero-order chi connectivity index (χ0) is 14.7. The third-order valence-corrected chi connectivity index (χ3v) is 3.54. The normalized spacial score (nSPS) is 12.7. The van der Waals surface area contributed by atoms with E-state index in [1.807, 2.05) is 30.9 Å². The molecule has 0 fully saturated rings. The molecule has 2 aromatic rings. The largest absolute Gasteiger partial charge is 0.306 e. The van der Waals surface area contributed by atoms with Crippen molar-refractivity contribution in [3.63, 3.8) is 0 Å². The van der Waals surface area contributed by atoms with Crippen LogP contribution in [0.25, 0.3) is 0 Å². The molecule has 0 aliphatic carbocycles. The maximum absolute atomic E-state index is 13.6. The summed E-state index contributed by atoms with van der Waals surface area (Å²) in [4.78, 5) is 0. The second-order valence-electron chi connectivity index (χ2n) is 5.05. The number of aromatic nitrogens is 2. The summed E-state index contributed by atoms with van der Waals surface area (Å²) < 4.78 is 15.4. The second-order valence-corrected chi connectivity index (χ2v) is 5.05. The molecule has 1 aromatic heterocycles. The summed E-state index contributed by atoms with van der Waals surface area (Å²) in [5.41, 5.74) is 4.26. The Morgan fingerprint density at radius 2 is 2.05 bits per heavy atom. The van der Waals surface area contributed by atoms with Crippen LogP contribution in [0.3, 0.4) is 0 Å². The number of halogens is 1. The van der Waals surface area contributed by atoms with E-state index < -0.39 is 0 Å². The molecule has 1 unspecified atom stereocenters. The molecule has 0 aliphatic rings. The predicted molar refractivity (Wildman–Crippen MR) is 79.2 cm³/mol. The maximum Gasteiger partial charge on any atom is 0.123 e. The fourth-order valence-corrected chi connectivity index (χ4v) is 2.58. The highest BCUT2D eigenvalue weighted by Crippen LogP contribution is 2.28. The van der Waals surface area contributed by atoms with Crippen molar-refractivity contribution in [3.8, 4) is 0 Å². The van der Waals surface area contributed by atoms with Crippen LogP contribution in [0.5, 0.6) is 0 Å². The first kappa shape index (κ1) is 14.7. The Bertz CT molecular complexity index is 589. The summed E-state index contributed by atoms with van der Waals surface area (Å²) in [7, 11) is 1.92. The molecule has 0 saturated carbocycles. The van der Waals surface area contributed by atoms with Crippen molar-refractivity contribution in [2.24, 2.45) is 7.05 Å². The molecule has 1 aromatic carbocycles. The summed E-state index contributed by atoms with van der Waals surface area (Å²) in [5.74, 6) is -0.199. The van der Waals surface area contributed by atoms with Crippen molar-refractivity contribution in [1.82, 2.24) is 15.1 Å². The molecule has 1 atom stereocenters. The zero-order valence-electron chi connectivity index (χ0n) is 12.6. The highest BCUT2D eigenvalue weighted by molar-refractivity contribution is 5.38. The fourth-order valence-electron chi connectivity index (χ4n) is 2.58. The van der Waals surface area contributed by atoms with Gasteiger partial charge in [-0.05, 0) is 43.1 Å². The molecule has 0 aliphatic heterocycles. The number of hydrogen-bond donors (Lipinski definition) is 1. The highest BCUT2D eigenvalue weighted by Gasteiger charge is 2.20. The zero-order valence-corrected chi connectivity index (χ0v) is 12.6. The molecule has 0 amide bonds. The maximum atomic E-state index is 13.6. The number of nitrogens with one attached hydrogen (secondary N) is 1. The summed E-state index contributed by atoms with van der Waals surface area (Å²) in [5, 5.41) is 7.94. The molecule has 108 valence electrons. The smallest absolute Gasteiger partial charge is 0.123 e. The van der Waals surface area contributed by atoms with Crippen molar-refractivity contribution in [3.05, 3.63) is 52.6 Å². The van der Waals surface area contributed by atoms with Crippen LogP contribution in [-0.4, -0.2) is 16.3 Å². The van der Waals surface area contributed by atoms with Crippen LogP contribution in [-0.2, 0) is 13.5 Å². The molecule has 1 N–H and O–H groups in total. The average molecular weight is 275 g/mol. The van der Waals surface area contributed by atoms with Gasteiger partial charge in [0.15, 0.2) is 0 Å². The average Bonchev–Trinajstić information content (AvgIpc) is 2.80. The van der Waals surface area contributed by atoms with Gasteiger partial charge < -0.3 is 5.32 Å². The van der Waals surface area contributed by atoms with E-state index in [-0.39, 0.29) is 11.9 Å². The first-order chi connectivity index (χ1) is 9.56. The Kier molecular flexibility index (Phi) is 4.55. The number of nitrogens with zero attached hydrogens (tertiary/aromatic N) is 2. The standard InChI is InChI=1S/C16H22FN3/c1-5-15-14(10-20(4)19-15)16(18-6-2)13-9-12(17)8-7-11(13)3/h7-10,16,18H,5-6H2,1-4H3. The van der Waals surface area contributed by atoms with Gasteiger partial charge in [0, 0.05) is 18.8 Å². The lowest BCUT2D eigenvalue weighted by Crippen LogP contribution is -2.23.